The molecule has 7 heteroatoms. The molecular formula is C12H11F2N3O2. The minimum Gasteiger partial charge on any atom is -0.478 e. The van der Waals surface area contributed by atoms with Crippen LogP contribution in [-0.2, 0) is 13.6 Å². The van der Waals surface area contributed by atoms with Crippen molar-refractivity contribution < 1.29 is 18.7 Å². The molecule has 0 aliphatic heterocycles. The van der Waals surface area contributed by atoms with E-state index in [1.807, 2.05) is 0 Å². The molecule has 0 saturated heterocycles. The van der Waals surface area contributed by atoms with Crippen molar-refractivity contribution in [3.05, 3.63) is 47.3 Å². The van der Waals surface area contributed by atoms with Crippen molar-refractivity contribution in [2.45, 2.75) is 6.54 Å². The molecule has 0 amide bonds. The molecule has 1 heterocycles. The van der Waals surface area contributed by atoms with Crippen LogP contribution in [0.4, 0.5) is 14.5 Å². The Labute approximate surface area is 107 Å². The largest absolute Gasteiger partial charge is 0.478 e. The lowest BCUT2D eigenvalue weighted by Crippen LogP contribution is -2.09. The highest BCUT2D eigenvalue weighted by molar-refractivity contribution is 5.88. The average Bonchev–Trinajstić information content (AvgIpc) is 2.76. The Morgan fingerprint density at radius 1 is 1.37 bits per heavy atom. The number of hydrogen-bond donors (Lipinski definition) is 2. The molecule has 0 saturated carbocycles. The number of aromatic nitrogens is 2. The summed E-state index contributed by atoms with van der Waals surface area (Å²) in [7, 11) is 1.72. The number of nitrogens with one attached hydrogen (secondary N) is 1. The fourth-order valence-electron chi connectivity index (χ4n) is 1.61. The van der Waals surface area contributed by atoms with Crippen molar-refractivity contribution in [2.24, 2.45) is 7.05 Å². The zero-order valence-electron chi connectivity index (χ0n) is 10.0. The van der Waals surface area contributed by atoms with Crippen molar-refractivity contribution in [1.82, 2.24) is 9.78 Å². The van der Waals surface area contributed by atoms with Crippen molar-refractivity contribution in [3.63, 3.8) is 0 Å². The van der Waals surface area contributed by atoms with E-state index in [0.717, 1.165) is 11.8 Å². The van der Waals surface area contributed by atoms with Crippen molar-refractivity contribution in [3.8, 4) is 0 Å². The summed E-state index contributed by atoms with van der Waals surface area (Å²) >= 11 is 0. The first kappa shape index (κ1) is 13.0. The number of aryl methyl sites for hydroxylation is 1. The summed E-state index contributed by atoms with van der Waals surface area (Å²) in [6, 6.07) is 3.94. The normalized spacial score (nSPS) is 10.5. The van der Waals surface area contributed by atoms with E-state index < -0.39 is 23.2 Å². The van der Waals surface area contributed by atoms with Crippen molar-refractivity contribution in [1.29, 1.82) is 0 Å². The van der Waals surface area contributed by atoms with E-state index in [4.69, 9.17) is 5.11 Å². The van der Waals surface area contributed by atoms with Gasteiger partial charge in [0.2, 0.25) is 0 Å². The third-order valence-electron chi connectivity index (χ3n) is 2.70. The second-order valence-corrected chi connectivity index (χ2v) is 3.89. The molecule has 0 unspecified atom stereocenters. The van der Waals surface area contributed by atoms with E-state index in [-0.39, 0.29) is 12.2 Å². The minimum atomic E-state index is -1.51. The van der Waals surface area contributed by atoms with Gasteiger partial charge in [0.05, 0.1) is 23.5 Å². The van der Waals surface area contributed by atoms with Gasteiger partial charge in [0.1, 0.15) is 0 Å². The molecule has 0 radical (unpaired) electrons. The molecule has 5 nitrogen and oxygen atoms in total. The molecule has 19 heavy (non-hydrogen) atoms. The fraction of sp³-hybridized carbons (Fsp3) is 0.167. The molecule has 0 aliphatic rings. The smallest absolute Gasteiger partial charge is 0.338 e. The van der Waals surface area contributed by atoms with Gasteiger partial charge in [0.15, 0.2) is 11.6 Å². The molecule has 2 aromatic rings. The summed E-state index contributed by atoms with van der Waals surface area (Å²) in [5.74, 6) is -4.08. The van der Waals surface area contributed by atoms with Gasteiger partial charge >= 0.3 is 5.97 Å². The summed E-state index contributed by atoms with van der Waals surface area (Å²) < 4.78 is 28.7. The quantitative estimate of drug-likeness (QED) is 0.889. The second kappa shape index (κ2) is 5.05. The van der Waals surface area contributed by atoms with Gasteiger partial charge < -0.3 is 10.4 Å². The van der Waals surface area contributed by atoms with E-state index in [9.17, 15) is 13.6 Å². The first-order chi connectivity index (χ1) is 9.00. The van der Waals surface area contributed by atoms with Crippen LogP contribution in [-0.4, -0.2) is 20.9 Å². The van der Waals surface area contributed by atoms with Gasteiger partial charge in [-0.1, -0.05) is 0 Å². The third-order valence-corrected chi connectivity index (χ3v) is 2.70. The number of aromatic carboxylic acids is 1. The van der Waals surface area contributed by atoms with E-state index in [1.165, 1.54) is 6.07 Å². The number of nitrogens with zero attached hydrogens (tertiary/aromatic N) is 2. The van der Waals surface area contributed by atoms with Gasteiger partial charge in [-0.15, -0.1) is 0 Å². The van der Waals surface area contributed by atoms with Gasteiger partial charge in [0, 0.05) is 13.2 Å². The number of benzene rings is 1. The van der Waals surface area contributed by atoms with Crippen LogP contribution in [0.5, 0.6) is 0 Å². The zero-order valence-corrected chi connectivity index (χ0v) is 10.0. The molecule has 2 rings (SSSR count). The second-order valence-electron chi connectivity index (χ2n) is 3.89. The number of anilines is 1. The lowest BCUT2D eigenvalue weighted by Gasteiger charge is -2.09. The highest BCUT2D eigenvalue weighted by Gasteiger charge is 2.17. The van der Waals surface area contributed by atoms with Gasteiger partial charge in [0.25, 0.3) is 0 Å². The number of rotatable bonds is 4. The average molecular weight is 267 g/mol. The van der Waals surface area contributed by atoms with Crippen LogP contribution in [0.1, 0.15) is 16.1 Å². The van der Waals surface area contributed by atoms with Crippen molar-refractivity contribution >= 4 is 11.7 Å². The van der Waals surface area contributed by atoms with E-state index in [2.05, 4.69) is 10.4 Å². The highest BCUT2D eigenvalue weighted by atomic mass is 19.2. The van der Waals surface area contributed by atoms with Crippen LogP contribution in [0.15, 0.2) is 24.4 Å². The predicted octanol–water partition coefficient (Wildman–Crippen LogP) is 2.01. The molecule has 0 aliphatic carbocycles. The summed E-state index contributed by atoms with van der Waals surface area (Å²) in [4.78, 5) is 10.6. The first-order valence-electron chi connectivity index (χ1n) is 5.42. The minimum absolute atomic E-state index is 0.0938. The standard InChI is InChI=1S/C12H11F2N3O2/c1-17-7(4-5-16-17)6-15-9-3-2-8(12(18)19)10(13)11(9)14/h2-5,15H,6H2,1H3,(H,18,19). The maximum atomic E-state index is 13.6. The molecule has 100 valence electrons. The summed E-state index contributed by atoms with van der Waals surface area (Å²) in [6.45, 7) is 0.249. The third kappa shape index (κ3) is 2.54. The predicted molar refractivity (Wildman–Crippen MR) is 63.9 cm³/mol. The Morgan fingerprint density at radius 3 is 2.68 bits per heavy atom. The van der Waals surface area contributed by atoms with E-state index in [0.29, 0.717) is 0 Å². The summed E-state index contributed by atoms with van der Waals surface area (Å²) in [5, 5.41) is 15.3. The monoisotopic (exact) mass is 267 g/mol. The molecule has 0 fully saturated rings. The van der Waals surface area contributed by atoms with E-state index >= 15 is 0 Å². The van der Waals surface area contributed by atoms with E-state index in [1.54, 1.807) is 24.0 Å². The van der Waals surface area contributed by atoms with Crippen LogP contribution < -0.4 is 5.32 Å². The van der Waals surface area contributed by atoms with Crippen LogP contribution >= 0.6 is 0 Å². The Balaban J connectivity index is 2.20. The lowest BCUT2D eigenvalue weighted by molar-refractivity contribution is 0.0690. The highest BCUT2D eigenvalue weighted by Crippen LogP contribution is 2.21. The van der Waals surface area contributed by atoms with Crippen LogP contribution in [0.3, 0.4) is 0 Å². The Bertz CT molecular complexity index is 625. The van der Waals surface area contributed by atoms with Crippen LogP contribution in [0.25, 0.3) is 0 Å². The molecule has 1 aromatic carbocycles. The molecule has 0 bridgehead atoms. The Hall–Kier alpha value is -2.44. The summed E-state index contributed by atoms with van der Waals surface area (Å²) in [5.41, 5.74) is -0.00518. The van der Waals surface area contributed by atoms with Crippen LogP contribution in [0, 0.1) is 11.6 Å². The number of halogens is 2. The SMILES string of the molecule is Cn1nccc1CNc1ccc(C(=O)O)c(F)c1F. The molecule has 1 aromatic heterocycles. The summed E-state index contributed by atoms with van der Waals surface area (Å²) in [6.07, 6.45) is 1.58. The fourth-order valence-corrected chi connectivity index (χ4v) is 1.61. The molecule has 0 atom stereocenters. The topological polar surface area (TPSA) is 67.2 Å². The Morgan fingerprint density at radius 2 is 2.11 bits per heavy atom. The molecule has 0 spiro atoms. The Kier molecular flexibility index (Phi) is 3.46. The lowest BCUT2D eigenvalue weighted by atomic mass is 10.2. The number of carboxylic acid groups (broad SMARTS) is 1. The molecule has 2 N–H and O–H groups in total. The van der Waals surface area contributed by atoms with Gasteiger partial charge in [-0.05, 0) is 18.2 Å². The van der Waals surface area contributed by atoms with Gasteiger partial charge in [-0.25, -0.2) is 13.6 Å². The number of hydrogen-bond acceptors (Lipinski definition) is 3. The van der Waals surface area contributed by atoms with Gasteiger partial charge in [-0.2, -0.15) is 5.10 Å². The van der Waals surface area contributed by atoms with Crippen LogP contribution in [0.2, 0.25) is 0 Å². The molecular weight excluding hydrogens is 256 g/mol. The van der Waals surface area contributed by atoms with Gasteiger partial charge in [-0.3, -0.25) is 4.68 Å². The number of carboxylic acids is 1. The first-order valence-corrected chi connectivity index (χ1v) is 5.42. The van der Waals surface area contributed by atoms with Crippen molar-refractivity contribution in [2.75, 3.05) is 5.32 Å². The maximum Gasteiger partial charge on any atom is 0.338 e. The maximum absolute atomic E-state index is 13.6. The zero-order chi connectivity index (χ0) is 14.0. The number of carbonyl (C=O) groups is 1.